The van der Waals surface area contributed by atoms with Crippen molar-refractivity contribution < 1.29 is 0 Å². The van der Waals surface area contributed by atoms with Gasteiger partial charge in [-0.25, -0.2) is 9.97 Å². The lowest BCUT2D eigenvalue weighted by Gasteiger charge is -2.09. The van der Waals surface area contributed by atoms with Crippen LogP contribution in [0.15, 0.2) is 42.9 Å². The summed E-state index contributed by atoms with van der Waals surface area (Å²) in [6.45, 7) is 0.683. The lowest BCUT2D eigenvalue weighted by molar-refractivity contribution is 1.00. The van der Waals surface area contributed by atoms with E-state index in [9.17, 15) is 0 Å². The number of pyridine rings is 1. The average molecular weight is 319 g/mol. The van der Waals surface area contributed by atoms with Gasteiger partial charge in [0.1, 0.15) is 17.3 Å². The van der Waals surface area contributed by atoms with Gasteiger partial charge >= 0.3 is 0 Å². The van der Waals surface area contributed by atoms with Gasteiger partial charge in [0, 0.05) is 29.2 Å². The third kappa shape index (κ3) is 3.23. The molecule has 0 amide bonds. The molecule has 0 aliphatic carbocycles. The first-order valence-electron chi connectivity index (χ1n) is 6.47. The molecular formula is C15H12Cl2N4. The maximum Gasteiger partial charge on any atom is 0.134 e. The highest BCUT2D eigenvalue weighted by molar-refractivity contribution is 6.32. The molecule has 2 aromatic heterocycles. The normalized spacial score (nSPS) is 10.8. The fourth-order valence-corrected chi connectivity index (χ4v) is 2.56. The number of nitrogens with one attached hydrogen (secondary N) is 1. The van der Waals surface area contributed by atoms with Crippen molar-refractivity contribution >= 4 is 39.9 Å². The van der Waals surface area contributed by atoms with Crippen LogP contribution in [0.1, 0.15) is 5.56 Å². The topological polar surface area (TPSA) is 50.7 Å². The SMILES string of the molecule is Clc1cc(NCCc2c(Cl)ccc3cccnc23)ncn1. The van der Waals surface area contributed by atoms with Crippen molar-refractivity contribution in [1.29, 1.82) is 0 Å². The minimum Gasteiger partial charge on any atom is -0.370 e. The number of halogens is 2. The van der Waals surface area contributed by atoms with Gasteiger partial charge < -0.3 is 5.32 Å². The Hall–Kier alpha value is -1.91. The molecule has 0 fully saturated rings. The first kappa shape index (κ1) is 14.0. The summed E-state index contributed by atoms with van der Waals surface area (Å²) in [5.41, 5.74) is 1.97. The predicted molar refractivity (Wildman–Crippen MR) is 86.0 cm³/mol. The molecule has 0 atom stereocenters. The van der Waals surface area contributed by atoms with Crippen LogP contribution < -0.4 is 5.32 Å². The van der Waals surface area contributed by atoms with Crippen molar-refractivity contribution in [2.24, 2.45) is 0 Å². The summed E-state index contributed by atoms with van der Waals surface area (Å²) in [6.07, 6.45) is 3.95. The number of rotatable bonds is 4. The Labute approximate surface area is 132 Å². The molecule has 106 valence electrons. The molecule has 3 rings (SSSR count). The smallest absolute Gasteiger partial charge is 0.134 e. The van der Waals surface area contributed by atoms with E-state index in [0.717, 1.165) is 27.9 Å². The molecule has 0 aliphatic rings. The van der Waals surface area contributed by atoms with E-state index < -0.39 is 0 Å². The largest absolute Gasteiger partial charge is 0.370 e. The maximum absolute atomic E-state index is 6.30. The molecule has 0 spiro atoms. The zero-order chi connectivity index (χ0) is 14.7. The fraction of sp³-hybridized carbons (Fsp3) is 0.133. The maximum atomic E-state index is 6.30. The molecule has 0 saturated heterocycles. The van der Waals surface area contributed by atoms with E-state index in [1.54, 1.807) is 12.3 Å². The van der Waals surface area contributed by atoms with Gasteiger partial charge in [0.25, 0.3) is 0 Å². The second-order valence-corrected chi connectivity index (χ2v) is 5.30. The number of nitrogens with zero attached hydrogens (tertiary/aromatic N) is 3. The summed E-state index contributed by atoms with van der Waals surface area (Å²) in [4.78, 5) is 12.4. The molecule has 6 heteroatoms. The standard InChI is InChI=1S/C15H12Cl2N4/c16-12-4-3-10-2-1-6-19-15(10)11(12)5-7-18-14-8-13(17)20-9-21-14/h1-4,6,8-9H,5,7H2,(H,18,20,21). The molecule has 21 heavy (non-hydrogen) atoms. The minimum absolute atomic E-state index is 0.414. The summed E-state index contributed by atoms with van der Waals surface area (Å²) < 4.78 is 0. The summed E-state index contributed by atoms with van der Waals surface area (Å²) in [6, 6.07) is 9.51. The van der Waals surface area contributed by atoms with Crippen LogP contribution in [0.4, 0.5) is 5.82 Å². The highest BCUT2D eigenvalue weighted by atomic mass is 35.5. The van der Waals surface area contributed by atoms with Crippen LogP contribution in [0.5, 0.6) is 0 Å². The minimum atomic E-state index is 0.414. The highest BCUT2D eigenvalue weighted by Crippen LogP contribution is 2.25. The molecule has 1 N–H and O–H groups in total. The second kappa shape index (κ2) is 6.24. The Morgan fingerprint density at radius 3 is 2.81 bits per heavy atom. The summed E-state index contributed by atoms with van der Waals surface area (Å²) in [5.74, 6) is 0.694. The van der Waals surface area contributed by atoms with Crippen molar-refractivity contribution in [3.63, 3.8) is 0 Å². The quantitative estimate of drug-likeness (QED) is 0.739. The van der Waals surface area contributed by atoms with E-state index in [4.69, 9.17) is 23.2 Å². The summed E-state index contributed by atoms with van der Waals surface area (Å²) in [7, 11) is 0. The molecule has 0 aliphatic heterocycles. The summed E-state index contributed by atoms with van der Waals surface area (Å²) >= 11 is 12.1. The highest BCUT2D eigenvalue weighted by Gasteiger charge is 2.07. The van der Waals surface area contributed by atoms with E-state index in [1.807, 2.05) is 24.3 Å². The zero-order valence-electron chi connectivity index (χ0n) is 11.1. The molecule has 4 nitrogen and oxygen atoms in total. The van der Waals surface area contributed by atoms with Crippen LogP contribution >= 0.6 is 23.2 Å². The van der Waals surface area contributed by atoms with Crippen LogP contribution in [0.2, 0.25) is 10.2 Å². The third-order valence-electron chi connectivity index (χ3n) is 3.14. The molecule has 2 heterocycles. The van der Waals surface area contributed by atoms with Crippen molar-refractivity contribution in [2.45, 2.75) is 6.42 Å². The van der Waals surface area contributed by atoms with Crippen molar-refractivity contribution in [3.05, 3.63) is 58.6 Å². The molecular weight excluding hydrogens is 307 g/mol. The number of aromatic nitrogens is 3. The lowest BCUT2D eigenvalue weighted by atomic mass is 10.1. The second-order valence-electron chi connectivity index (χ2n) is 4.50. The van der Waals surface area contributed by atoms with E-state index >= 15 is 0 Å². The monoisotopic (exact) mass is 318 g/mol. The Bertz CT molecular complexity index is 776. The van der Waals surface area contributed by atoms with Gasteiger partial charge in [-0.3, -0.25) is 4.98 Å². The first-order valence-corrected chi connectivity index (χ1v) is 7.23. The van der Waals surface area contributed by atoms with Gasteiger partial charge in [0.2, 0.25) is 0 Å². The number of benzene rings is 1. The van der Waals surface area contributed by atoms with Crippen molar-refractivity contribution in [2.75, 3.05) is 11.9 Å². The van der Waals surface area contributed by atoms with Gasteiger partial charge in [-0.05, 0) is 24.1 Å². The molecule has 3 aromatic rings. The van der Waals surface area contributed by atoms with E-state index in [1.165, 1.54) is 6.33 Å². The van der Waals surface area contributed by atoms with E-state index in [2.05, 4.69) is 20.3 Å². The molecule has 1 aromatic carbocycles. The number of hydrogen-bond acceptors (Lipinski definition) is 4. The Kier molecular flexibility index (Phi) is 4.18. The Balaban J connectivity index is 1.77. The van der Waals surface area contributed by atoms with Crippen LogP contribution in [0, 0.1) is 0 Å². The molecule has 0 radical (unpaired) electrons. The zero-order valence-corrected chi connectivity index (χ0v) is 12.6. The predicted octanol–water partition coefficient (Wildman–Crippen LogP) is 3.99. The average Bonchev–Trinajstić information content (AvgIpc) is 2.50. The fourth-order valence-electron chi connectivity index (χ4n) is 2.16. The Morgan fingerprint density at radius 2 is 1.95 bits per heavy atom. The van der Waals surface area contributed by atoms with Crippen molar-refractivity contribution in [3.8, 4) is 0 Å². The van der Waals surface area contributed by atoms with E-state index in [-0.39, 0.29) is 0 Å². The van der Waals surface area contributed by atoms with Gasteiger partial charge in [0.15, 0.2) is 0 Å². The van der Waals surface area contributed by atoms with Gasteiger partial charge in [-0.2, -0.15) is 0 Å². The van der Waals surface area contributed by atoms with Crippen LogP contribution in [-0.2, 0) is 6.42 Å². The van der Waals surface area contributed by atoms with Crippen LogP contribution in [0.25, 0.3) is 10.9 Å². The number of fused-ring (bicyclic) bond motifs is 1. The molecule has 0 unspecified atom stereocenters. The lowest BCUT2D eigenvalue weighted by Crippen LogP contribution is -2.07. The first-order chi connectivity index (χ1) is 10.2. The number of anilines is 1. The van der Waals surface area contributed by atoms with E-state index in [0.29, 0.717) is 17.5 Å². The van der Waals surface area contributed by atoms with Crippen molar-refractivity contribution in [1.82, 2.24) is 15.0 Å². The molecule has 0 saturated carbocycles. The van der Waals surface area contributed by atoms with Gasteiger partial charge in [-0.1, -0.05) is 35.3 Å². The Morgan fingerprint density at radius 1 is 1.05 bits per heavy atom. The van der Waals surface area contributed by atoms with Gasteiger partial charge in [0.05, 0.1) is 5.52 Å². The summed E-state index contributed by atoms with van der Waals surface area (Å²) in [5, 5.41) is 5.43. The molecule has 0 bridgehead atoms. The van der Waals surface area contributed by atoms with Gasteiger partial charge in [-0.15, -0.1) is 0 Å². The van der Waals surface area contributed by atoms with Crippen LogP contribution in [0.3, 0.4) is 0 Å². The number of hydrogen-bond donors (Lipinski definition) is 1. The third-order valence-corrected chi connectivity index (χ3v) is 3.70. The van der Waals surface area contributed by atoms with Crippen LogP contribution in [-0.4, -0.2) is 21.5 Å².